The molecule has 0 amide bonds. The topological polar surface area (TPSA) is 26.3 Å². The Morgan fingerprint density at radius 1 is 1.14 bits per heavy atom. The fourth-order valence-electron chi connectivity index (χ4n) is 4.44. The van der Waals surface area contributed by atoms with Gasteiger partial charge in [-0.2, -0.15) is 0 Å². The molecule has 3 rings (SSSR count). The van der Waals surface area contributed by atoms with Crippen LogP contribution in [0.3, 0.4) is 0 Å². The Labute approximate surface area is 133 Å². The summed E-state index contributed by atoms with van der Waals surface area (Å²) in [6, 6.07) is 10.6. The van der Waals surface area contributed by atoms with Crippen LogP contribution in [0.25, 0.3) is 0 Å². The fourth-order valence-corrected chi connectivity index (χ4v) is 4.44. The fraction of sp³-hybridized carbons (Fsp3) is 0.632. The Morgan fingerprint density at radius 3 is 2.73 bits per heavy atom. The van der Waals surface area contributed by atoms with E-state index in [1.807, 2.05) is 30.3 Å². The molecule has 0 unspecified atom stereocenters. The number of carbonyl (C=O) groups is 1. The van der Waals surface area contributed by atoms with Gasteiger partial charge in [-0.05, 0) is 31.2 Å². The summed E-state index contributed by atoms with van der Waals surface area (Å²) in [5, 5.41) is 0. The van der Waals surface area contributed by atoms with Gasteiger partial charge in [-0.25, -0.2) is 0 Å². The lowest BCUT2D eigenvalue weighted by Gasteiger charge is -2.51. The van der Waals surface area contributed by atoms with Crippen LogP contribution in [-0.2, 0) is 16.0 Å². The number of hydrogen-bond acceptors (Lipinski definition) is 2. The third-order valence-electron chi connectivity index (χ3n) is 5.66. The summed E-state index contributed by atoms with van der Waals surface area (Å²) in [5.74, 6) is 0.473. The Kier molecular flexibility index (Phi) is 4.82. The molecule has 1 aromatic carbocycles. The number of nitrogens with zero attached hydrogens (tertiary/aromatic N) is 1. The monoisotopic (exact) mass is 302 g/mol. The standard InChI is InChI=1S/C19H28NO2/c1-20-12-6-5-11-18(20)17(10-7-13-20)15-22-19(21)14-16-8-3-2-4-9-16/h2-4,8-9,17-18H,5-7,10-15H2,1H3/q+1/t17-,18+,20+/m0/s1. The number of rotatable bonds is 4. The molecule has 2 aliphatic rings. The zero-order valence-electron chi connectivity index (χ0n) is 13.7. The van der Waals surface area contributed by atoms with Gasteiger partial charge in [0.2, 0.25) is 0 Å². The molecule has 2 heterocycles. The van der Waals surface area contributed by atoms with Crippen molar-refractivity contribution >= 4 is 5.97 Å². The van der Waals surface area contributed by atoms with E-state index in [1.165, 1.54) is 49.7 Å². The van der Waals surface area contributed by atoms with Crippen molar-refractivity contribution < 1.29 is 14.0 Å². The summed E-state index contributed by atoms with van der Waals surface area (Å²) in [7, 11) is 2.40. The van der Waals surface area contributed by atoms with E-state index >= 15 is 0 Å². The van der Waals surface area contributed by atoms with E-state index in [1.54, 1.807) is 0 Å². The number of piperidine rings is 2. The molecule has 22 heavy (non-hydrogen) atoms. The number of esters is 1. The Bertz CT molecular complexity index is 497. The van der Waals surface area contributed by atoms with Gasteiger partial charge in [0.15, 0.2) is 0 Å². The van der Waals surface area contributed by atoms with Crippen molar-refractivity contribution in [1.29, 1.82) is 0 Å². The van der Waals surface area contributed by atoms with Crippen molar-refractivity contribution in [2.24, 2.45) is 5.92 Å². The second-order valence-corrected chi connectivity index (χ2v) is 7.24. The Balaban J connectivity index is 1.53. The number of fused-ring (bicyclic) bond motifs is 1. The largest absolute Gasteiger partial charge is 0.465 e. The normalized spacial score (nSPS) is 31.3. The molecular formula is C19H28NO2+. The average Bonchev–Trinajstić information content (AvgIpc) is 2.53. The first-order valence-corrected chi connectivity index (χ1v) is 8.71. The van der Waals surface area contributed by atoms with Crippen LogP contribution < -0.4 is 0 Å². The zero-order chi connectivity index (χ0) is 15.4. The summed E-state index contributed by atoms with van der Waals surface area (Å²) in [6.45, 7) is 3.22. The lowest BCUT2D eigenvalue weighted by molar-refractivity contribution is -0.947. The molecule has 0 aliphatic carbocycles. The molecule has 0 spiro atoms. The number of carbonyl (C=O) groups excluding carboxylic acids is 1. The van der Waals surface area contributed by atoms with Crippen molar-refractivity contribution in [2.75, 3.05) is 26.7 Å². The lowest BCUT2D eigenvalue weighted by Crippen LogP contribution is -2.61. The van der Waals surface area contributed by atoms with Gasteiger partial charge < -0.3 is 9.22 Å². The third kappa shape index (κ3) is 3.52. The molecule has 0 aromatic heterocycles. The van der Waals surface area contributed by atoms with Crippen LogP contribution >= 0.6 is 0 Å². The van der Waals surface area contributed by atoms with Crippen molar-refractivity contribution in [3.8, 4) is 0 Å². The highest BCUT2D eigenvalue weighted by Crippen LogP contribution is 2.36. The number of hydrogen-bond donors (Lipinski definition) is 0. The minimum atomic E-state index is -0.0817. The van der Waals surface area contributed by atoms with Crippen molar-refractivity contribution in [3.63, 3.8) is 0 Å². The summed E-state index contributed by atoms with van der Waals surface area (Å²) in [6.07, 6.45) is 6.88. The first-order chi connectivity index (χ1) is 10.7. The quantitative estimate of drug-likeness (QED) is 0.631. The van der Waals surface area contributed by atoms with Crippen molar-refractivity contribution in [3.05, 3.63) is 35.9 Å². The van der Waals surface area contributed by atoms with Crippen LogP contribution in [-0.4, -0.2) is 43.2 Å². The van der Waals surface area contributed by atoms with E-state index in [9.17, 15) is 4.79 Å². The molecule has 2 saturated heterocycles. The maximum atomic E-state index is 12.1. The third-order valence-corrected chi connectivity index (χ3v) is 5.66. The highest BCUT2D eigenvalue weighted by atomic mass is 16.5. The SMILES string of the molecule is C[N@+]12CCCC[C@@H]1[C@H](COC(=O)Cc1ccccc1)CCC2. The zero-order valence-corrected chi connectivity index (χ0v) is 13.7. The molecule has 3 heteroatoms. The van der Waals surface area contributed by atoms with Crippen LogP contribution in [0.1, 0.15) is 37.7 Å². The molecule has 0 saturated carbocycles. The smallest absolute Gasteiger partial charge is 0.310 e. The minimum Gasteiger partial charge on any atom is -0.465 e. The van der Waals surface area contributed by atoms with Crippen LogP contribution in [0.2, 0.25) is 0 Å². The number of benzene rings is 1. The maximum absolute atomic E-state index is 12.1. The number of quaternary nitrogens is 1. The van der Waals surface area contributed by atoms with Crippen molar-refractivity contribution in [1.82, 2.24) is 0 Å². The van der Waals surface area contributed by atoms with Gasteiger partial charge in [0.05, 0.1) is 39.2 Å². The van der Waals surface area contributed by atoms with Crippen molar-refractivity contribution in [2.45, 2.75) is 44.6 Å². The highest BCUT2D eigenvalue weighted by Gasteiger charge is 2.43. The van der Waals surface area contributed by atoms with Gasteiger partial charge in [-0.1, -0.05) is 30.3 Å². The minimum absolute atomic E-state index is 0.0817. The molecule has 0 N–H and O–H groups in total. The van der Waals surface area contributed by atoms with Gasteiger partial charge >= 0.3 is 5.97 Å². The van der Waals surface area contributed by atoms with Gasteiger partial charge in [0.1, 0.15) is 0 Å². The highest BCUT2D eigenvalue weighted by molar-refractivity contribution is 5.72. The lowest BCUT2D eigenvalue weighted by atomic mass is 9.82. The summed E-state index contributed by atoms with van der Waals surface area (Å²) >= 11 is 0. The predicted octanol–water partition coefficient (Wildman–Crippen LogP) is 3.18. The van der Waals surface area contributed by atoms with Crippen LogP contribution in [0.4, 0.5) is 0 Å². The molecular weight excluding hydrogens is 274 g/mol. The van der Waals surface area contributed by atoms with Crippen LogP contribution in [0.5, 0.6) is 0 Å². The second-order valence-electron chi connectivity index (χ2n) is 7.24. The summed E-state index contributed by atoms with van der Waals surface area (Å²) < 4.78 is 6.84. The van der Waals surface area contributed by atoms with E-state index in [0.29, 0.717) is 25.0 Å². The summed E-state index contributed by atoms with van der Waals surface area (Å²) in [5.41, 5.74) is 1.04. The predicted molar refractivity (Wildman–Crippen MR) is 87.4 cm³/mol. The van der Waals surface area contributed by atoms with E-state index in [0.717, 1.165) is 5.56 Å². The summed E-state index contributed by atoms with van der Waals surface area (Å²) in [4.78, 5) is 12.1. The van der Waals surface area contributed by atoms with Gasteiger partial charge in [-0.3, -0.25) is 4.79 Å². The molecule has 3 atom stereocenters. The first kappa shape index (κ1) is 15.5. The van der Waals surface area contributed by atoms with Gasteiger partial charge in [-0.15, -0.1) is 0 Å². The van der Waals surface area contributed by atoms with Crippen LogP contribution in [0, 0.1) is 5.92 Å². The van der Waals surface area contributed by atoms with E-state index in [4.69, 9.17) is 4.74 Å². The van der Waals surface area contributed by atoms with Gasteiger partial charge in [0, 0.05) is 12.3 Å². The Morgan fingerprint density at radius 2 is 1.91 bits per heavy atom. The second kappa shape index (κ2) is 6.82. The molecule has 1 aromatic rings. The molecule has 120 valence electrons. The molecule has 2 aliphatic heterocycles. The molecule has 3 nitrogen and oxygen atoms in total. The van der Waals surface area contributed by atoms with E-state index < -0.39 is 0 Å². The molecule has 2 fully saturated rings. The molecule has 0 radical (unpaired) electrons. The Hall–Kier alpha value is -1.35. The van der Waals surface area contributed by atoms with E-state index in [-0.39, 0.29) is 5.97 Å². The molecule has 0 bridgehead atoms. The number of ether oxygens (including phenoxy) is 1. The first-order valence-electron chi connectivity index (χ1n) is 8.71. The van der Waals surface area contributed by atoms with E-state index in [2.05, 4.69) is 7.05 Å². The van der Waals surface area contributed by atoms with Crippen LogP contribution in [0.15, 0.2) is 30.3 Å². The average molecular weight is 302 g/mol. The maximum Gasteiger partial charge on any atom is 0.310 e. The van der Waals surface area contributed by atoms with Gasteiger partial charge in [0.25, 0.3) is 0 Å².